The van der Waals surface area contributed by atoms with E-state index in [0.717, 1.165) is 22.6 Å². The minimum absolute atomic E-state index is 0.375. The second-order valence-corrected chi connectivity index (χ2v) is 3.57. The van der Waals surface area contributed by atoms with Gasteiger partial charge >= 0.3 is 0 Å². The van der Waals surface area contributed by atoms with Crippen LogP contribution >= 0.6 is 0 Å². The van der Waals surface area contributed by atoms with Crippen molar-refractivity contribution in [3.8, 4) is 11.5 Å². The highest BCUT2D eigenvalue weighted by Gasteiger charge is 2.14. The molecule has 1 aromatic carbocycles. The van der Waals surface area contributed by atoms with E-state index in [2.05, 4.69) is 20.8 Å². The van der Waals surface area contributed by atoms with Crippen molar-refractivity contribution in [1.29, 1.82) is 0 Å². The Bertz CT molecular complexity index is 291. The zero-order chi connectivity index (χ0) is 10.7. The molecule has 0 aliphatic carbocycles. The molecule has 0 aliphatic heterocycles. The van der Waals surface area contributed by atoms with Crippen molar-refractivity contribution in [1.82, 2.24) is 0 Å². The molecule has 1 radical (unpaired) electrons. The molecule has 1 rings (SSSR count). The molecule has 0 fully saturated rings. The van der Waals surface area contributed by atoms with Crippen molar-refractivity contribution in [2.75, 3.05) is 14.2 Å². The Balaban J connectivity index is 3.33. The highest BCUT2D eigenvalue weighted by atomic mass is 16.5. The molecule has 0 amide bonds. The van der Waals surface area contributed by atoms with E-state index < -0.39 is 0 Å². The van der Waals surface area contributed by atoms with Gasteiger partial charge in [-0.3, -0.25) is 0 Å². The van der Waals surface area contributed by atoms with Gasteiger partial charge in [0.05, 0.1) is 14.2 Å². The molecule has 0 aliphatic rings. The van der Waals surface area contributed by atoms with Crippen LogP contribution < -0.4 is 9.47 Å². The summed E-state index contributed by atoms with van der Waals surface area (Å²) in [4.78, 5) is 0. The maximum absolute atomic E-state index is 5.31. The van der Waals surface area contributed by atoms with Crippen LogP contribution in [0.4, 0.5) is 0 Å². The van der Waals surface area contributed by atoms with Gasteiger partial charge in [0.15, 0.2) is 0 Å². The van der Waals surface area contributed by atoms with Crippen molar-refractivity contribution in [2.45, 2.75) is 19.8 Å². The Hall–Kier alpha value is -1.18. The maximum atomic E-state index is 5.31. The number of methoxy groups -OCH3 is 2. The van der Waals surface area contributed by atoms with Crippen molar-refractivity contribution in [3.05, 3.63) is 30.2 Å². The van der Waals surface area contributed by atoms with E-state index in [1.807, 2.05) is 12.1 Å². The van der Waals surface area contributed by atoms with E-state index in [-0.39, 0.29) is 0 Å². The van der Waals surface area contributed by atoms with Crippen LogP contribution in [0.25, 0.3) is 0 Å². The molecular weight excluding hydrogens is 176 g/mol. The molecule has 2 heteroatoms. The zero-order valence-electron chi connectivity index (χ0n) is 9.26. The summed E-state index contributed by atoms with van der Waals surface area (Å²) in [5.41, 5.74) is 2.01. The molecular formula is C12H17O2. The van der Waals surface area contributed by atoms with Gasteiger partial charge in [0.1, 0.15) is 11.5 Å². The summed E-state index contributed by atoms with van der Waals surface area (Å²) in [7, 11) is 3.33. The SMILES string of the molecule is [CH2]c1cc(OC)c(C(C)C)c(OC)c1. The molecule has 0 spiro atoms. The molecule has 0 heterocycles. The minimum atomic E-state index is 0.375. The molecule has 2 nitrogen and oxygen atoms in total. The first-order valence-corrected chi connectivity index (χ1v) is 4.68. The Labute approximate surface area is 85.8 Å². The summed E-state index contributed by atoms with van der Waals surface area (Å²) in [5.74, 6) is 2.08. The number of hydrogen-bond acceptors (Lipinski definition) is 2. The van der Waals surface area contributed by atoms with E-state index in [0.29, 0.717) is 5.92 Å². The third kappa shape index (κ3) is 2.00. The number of hydrogen-bond donors (Lipinski definition) is 0. The first kappa shape index (κ1) is 10.9. The first-order valence-electron chi connectivity index (χ1n) is 4.68. The van der Waals surface area contributed by atoms with Crippen LogP contribution in [0.15, 0.2) is 12.1 Å². The Kier molecular flexibility index (Phi) is 3.39. The van der Waals surface area contributed by atoms with Crippen molar-refractivity contribution < 1.29 is 9.47 Å². The van der Waals surface area contributed by atoms with E-state index >= 15 is 0 Å². The molecule has 14 heavy (non-hydrogen) atoms. The first-order chi connectivity index (χ1) is 6.60. The largest absolute Gasteiger partial charge is 0.496 e. The van der Waals surface area contributed by atoms with Gasteiger partial charge in [-0.05, 0) is 30.5 Å². The Morgan fingerprint density at radius 2 is 1.50 bits per heavy atom. The second kappa shape index (κ2) is 4.36. The third-order valence-electron chi connectivity index (χ3n) is 2.18. The van der Waals surface area contributed by atoms with Crippen LogP contribution in [0, 0.1) is 6.92 Å². The molecule has 0 aromatic heterocycles. The second-order valence-electron chi connectivity index (χ2n) is 3.57. The molecule has 0 saturated heterocycles. The normalized spacial score (nSPS) is 10.4. The van der Waals surface area contributed by atoms with E-state index in [4.69, 9.17) is 9.47 Å². The van der Waals surface area contributed by atoms with Crippen LogP contribution in [0.3, 0.4) is 0 Å². The predicted octanol–water partition coefficient (Wildman–Crippen LogP) is 3.01. The molecule has 0 saturated carbocycles. The van der Waals surface area contributed by atoms with Gasteiger partial charge in [-0.25, -0.2) is 0 Å². The molecule has 77 valence electrons. The van der Waals surface area contributed by atoms with Crippen molar-refractivity contribution >= 4 is 0 Å². The Morgan fingerprint density at radius 1 is 1.07 bits per heavy atom. The summed E-state index contributed by atoms with van der Waals surface area (Å²) >= 11 is 0. The molecule has 1 aromatic rings. The lowest BCUT2D eigenvalue weighted by Gasteiger charge is -2.16. The summed E-state index contributed by atoms with van der Waals surface area (Å²) in [6, 6.07) is 3.86. The standard InChI is InChI=1S/C12H17O2/c1-8(2)12-10(13-4)6-9(3)7-11(12)14-5/h6-8H,3H2,1-2,4-5H3. The fraction of sp³-hybridized carbons (Fsp3) is 0.417. The Morgan fingerprint density at radius 3 is 1.79 bits per heavy atom. The van der Waals surface area contributed by atoms with Crippen LogP contribution in [0.5, 0.6) is 11.5 Å². The van der Waals surface area contributed by atoms with E-state index in [1.54, 1.807) is 14.2 Å². The van der Waals surface area contributed by atoms with Crippen LogP contribution in [-0.4, -0.2) is 14.2 Å². The highest BCUT2D eigenvalue weighted by molar-refractivity contribution is 5.50. The topological polar surface area (TPSA) is 18.5 Å². The summed E-state index contributed by atoms with van der Waals surface area (Å²) in [5, 5.41) is 0. The van der Waals surface area contributed by atoms with Crippen LogP contribution in [-0.2, 0) is 0 Å². The number of benzene rings is 1. The van der Waals surface area contributed by atoms with E-state index in [9.17, 15) is 0 Å². The lowest BCUT2D eigenvalue weighted by molar-refractivity contribution is 0.381. The van der Waals surface area contributed by atoms with Crippen LogP contribution in [0.2, 0.25) is 0 Å². The van der Waals surface area contributed by atoms with Crippen molar-refractivity contribution in [2.24, 2.45) is 0 Å². The quantitative estimate of drug-likeness (QED) is 0.734. The van der Waals surface area contributed by atoms with Gasteiger partial charge < -0.3 is 9.47 Å². The average Bonchev–Trinajstić information content (AvgIpc) is 2.15. The van der Waals surface area contributed by atoms with Gasteiger partial charge in [-0.1, -0.05) is 13.8 Å². The van der Waals surface area contributed by atoms with Gasteiger partial charge in [0, 0.05) is 5.56 Å². The molecule has 0 N–H and O–H groups in total. The fourth-order valence-electron chi connectivity index (χ4n) is 1.56. The van der Waals surface area contributed by atoms with Gasteiger partial charge in [0.2, 0.25) is 0 Å². The molecule has 0 unspecified atom stereocenters. The van der Waals surface area contributed by atoms with Gasteiger partial charge in [0.25, 0.3) is 0 Å². The van der Waals surface area contributed by atoms with Crippen molar-refractivity contribution in [3.63, 3.8) is 0 Å². The lowest BCUT2D eigenvalue weighted by Crippen LogP contribution is -1.99. The summed E-state index contributed by atoms with van der Waals surface area (Å²) < 4.78 is 10.6. The molecule has 0 atom stereocenters. The summed E-state index contributed by atoms with van der Waals surface area (Å²) in [6.45, 7) is 8.11. The third-order valence-corrected chi connectivity index (χ3v) is 2.18. The smallest absolute Gasteiger partial charge is 0.126 e. The van der Waals surface area contributed by atoms with E-state index in [1.165, 1.54) is 0 Å². The van der Waals surface area contributed by atoms with Gasteiger partial charge in [-0.15, -0.1) is 0 Å². The predicted molar refractivity (Wildman–Crippen MR) is 58.1 cm³/mol. The maximum Gasteiger partial charge on any atom is 0.126 e. The number of rotatable bonds is 3. The van der Waals surface area contributed by atoms with Gasteiger partial charge in [-0.2, -0.15) is 0 Å². The number of ether oxygens (including phenoxy) is 2. The van der Waals surface area contributed by atoms with Crippen LogP contribution in [0.1, 0.15) is 30.9 Å². The average molecular weight is 193 g/mol. The minimum Gasteiger partial charge on any atom is -0.496 e. The monoisotopic (exact) mass is 193 g/mol. The lowest BCUT2D eigenvalue weighted by atomic mass is 9.99. The molecule has 0 bridgehead atoms. The summed E-state index contributed by atoms with van der Waals surface area (Å²) in [6.07, 6.45) is 0. The highest BCUT2D eigenvalue weighted by Crippen LogP contribution is 2.35. The zero-order valence-corrected chi connectivity index (χ0v) is 9.26. The fourth-order valence-corrected chi connectivity index (χ4v) is 1.56.